The summed E-state index contributed by atoms with van der Waals surface area (Å²) in [6, 6.07) is 4.21. The van der Waals surface area contributed by atoms with Gasteiger partial charge in [-0.3, -0.25) is 4.98 Å². The van der Waals surface area contributed by atoms with Crippen LogP contribution >= 0.6 is 0 Å². The third kappa shape index (κ3) is 2.96. The largest absolute Gasteiger partial charge is 0.417 e. The summed E-state index contributed by atoms with van der Waals surface area (Å²) in [7, 11) is 1.38. The monoisotopic (exact) mass is 353 g/mol. The van der Waals surface area contributed by atoms with Gasteiger partial charge >= 0.3 is 6.18 Å². The SMILES string of the molecule is COC(O)c1nccc2c1CN(c1ccc(C(F)(F)F)cn1)C2(C)C. The van der Waals surface area contributed by atoms with Crippen LogP contribution in [0.3, 0.4) is 0 Å². The smallest absolute Gasteiger partial charge is 0.363 e. The molecule has 3 heterocycles. The van der Waals surface area contributed by atoms with E-state index in [0.717, 1.165) is 23.4 Å². The molecule has 1 N–H and O–H groups in total. The van der Waals surface area contributed by atoms with E-state index >= 15 is 0 Å². The lowest BCUT2D eigenvalue weighted by Gasteiger charge is -2.33. The maximum Gasteiger partial charge on any atom is 0.417 e. The molecule has 1 unspecified atom stereocenters. The summed E-state index contributed by atoms with van der Waals surface area (Å²) >= 11 is 0. The average molecular weight is 353 g/mol. The zero-order chi connectivity index (χ0) is 18.4. The highest BCUT2D eigenvalue weighted by atomic mass is 19.4. The number of fused-ring (bicyclic) bond motifs is 1. The third-order valence-corrected chi connectivity index (χ3v) is 4.55. The van der Waals surface area contributed by atoms with Crippen LogP contribution < -0.4 is 4.90 Å². The summed E-state index contributed by atoms with van der Waals surface area (Å²) in [6.07, 6.45) is -3.17. The first-order valence-corrected chi connectivity index (χ1v) is 7.66. The Labute approximate surface area is 143 Å². The Kier molecular flexibility index (Phi) is 4.20. The Morgan fingerprint density at radius 2 is 1.96 bits per heavy atom. The van der Waals surface area contributed by atoms with Crippen molar-refractivity contribution in [2.24, 2.45) is 0 Å². The van der Waals surface area contributed by atoms with Crippen LogP contribution in [0.5, 0.6) is 0 Å². The van der Waals surface area contributed by atoms with Crippen LogP contribution in [0.2, 0.25) is 0 Å². The van der Waals surface area contributed by atoms with Crippen molar-refractivity contribution in [2.75, 3.05) is 12.0 Å². The summed E-state index contributed by atoms with van der Waals surface area (Å²) in [5.74, 6) is 0.423. The topological polar surface area (TPSA) is 58.5 Å². The van der Waals surface area contributed by atoms with E-state index in [1.165, 1.54) is 13.2 Å². The molecule has 0 saturated heterocycles. The van der Waals surface area contributed by atoms with E-state index in [0.29, 0.717) is 18.1 Å². The number of alkyl halides is 3. The van der Waals surface area contributed by atoms with Gasteiger partial charge in [-0.15, -0.1) is 0 Å². The molecule has 8 heteroatoms. The van der Waals surface area contributed by atoms with Crippen LogP contribution in [0.25, 0.3) is 0 Å². The standard InChI is InChI=1S/C17H18F3N3O2/c1-16(2)12-6-7-21-14(15(24)25-3)11(12)9-23(16)13-5-4-10(8-22-13)17(18,19)20/h4-8,15,24H,9H2,1-3H3. The maximum atomic E-state index is 12.7. The van der Waals surface area contributed by atoms with E-state index in [4.69, 9.17) is 4.74 Å². The molecule has 0 radical (unpaired) electrons. The summed E-state index contributed by atoms with van der Waals surface area (Å²) in [5, 5.41) is 10.0. The average Bonchev–Trinajstić information content (AvgIpc) is 2.85. The number of aliphatic hydroxyl groups is 1. The van der Waals surface area contributed by atoms with Gasteiger partial charge in [0.25, 0.3) is 0 Å². The fraction of sp³-hybridized carbons (Fsp3) is 0.412. The van der Waals surface area contributed by atoms with Crippen LogP contribution in [-0.2, 0) is 23.0 Å². The molecule has 3 rings (SSSR count). The van der Waals surface area contributed by atoms with Gasteiger partial charge in [0.05, 0.1) is 11.1 Å². The number of hydrogen-bond donors (Lipinski definition) is 1. The van der Waals surface area contributed by atoms with Gasteiger partial charge in [-0.2, -0.15) is 13.2 Å². The van der Waals surface area contributed by atoms with E-state index in [-0.39, 0.29) is 0 Å². The molecule has 0 saturated carbocycles. The van der Waals surface area contributed by atoms with Crippen LogP contribution in [-0.4, -0.2) is 22.2 Å². The Bertz CT molecular complexity index is 776. The molecule has 0 bridgehead atoms. The predicted molar refractivity (Wildman–Crippen MR) is 84.7 cm³/mol. The molecular weight excluding hydrogens is 335 g/mol. The Hall–Kier alpha value is -2.19. The van der Waals surface area contributed by atoms with E-state index in [2.05, 4.69) is 9.97 Å². The second-order valence-electron chi connectivity index (χ2n) is 6.36. The molecule has 134 valence electrons. The molecule has 5 nitrogen and oxygen atoms in total. The van der Waals surface area contributed by atoms with E-state index in [1.54, 1.807) is 6.20 Å². The van der Waals surface area contributed by atoms with Crippen molar-refractivity contribution in [3.63, 3.8) is 0 Å². The number of aliphatic hydroxyl groups excluding tert-OH is 1. The van der Waals surface area contributed by atoms with Crippen molar-refractivity contribution in [2.45, 2.75) is 38.4 Å². The van der Waals surface area contributed by atoms with Crippen LogP contribution in [0.15, 0.2) is 30.6 Å². The second kappa shape index (κ2) is 5.96. The van der Waals surface area contributed by atoms with Crippen LogP contribution in [0.1, 0.15) is 42.5 Å². The maximum absolute atomic E-state index is 12.7. The van der Waals surface area contributed by atoms with Gasteiger partial charge in [-0.05, 0) is 37.6 Å². The number of anilines is 1. The van der Waals surface area contributed by atoms with Crippen LogP contribution in [0.4, 0.5) is 19.0 Å². The predicted octanol–water partition coefficient (Wildman–Crippen LogP) is 3.39. The highest BCUT2D eigenvalue weighted by Crippen LogP contribution is 2.43. The minimum Gasteiger partial charge on any atom is -0.363 e. The fourth-order valence-corrected chi connectivity index (χ4v) is 3.15. The molecule has 0 aromatic carbocycles. The Morgan fingerprint density at radius 1 is 1.24 bits per heavy atom. The first kappa shape index (κ1) is 17.6. The molecule has 0 spiro atoms. The molecule has 1 atom stereocenters. The zero-order valence-corrected chi connectivity index (χ0v) is 14.0. The van der Waals surface area contributed by atoms with Crippen molar-refractivity contribution in [1.82, 2.24) is 9.97 Å². The van der Waals surface area contributed by atoms with Crippen LogP contribution in [0, 0.1) is 0 Å². The van der Waals surface area contributed by atoms with Crippen molar-refractivity contribution >= 4 is 5.82 Å². The highest BCUT2D eigenvalue weighted by molar-refractivity contribution is 5.54. The molecule has 1 aliphatic heterocycles. The molecule has 0 amide bonds. The number of methoxy groups -OCH3 is 1. The molecular formula is C17H18F3N3O2. The van der Waals surface area contributed by atoms with Gasteiger partial charge < -0.3 is 14.7 Å². The molecule has 1 aliphatic rings. The van der Waals surface area contributed by atoms with Gasteiger partial charge in [0.15, 0.2) is 6.29 Å². The normalized spacial score (nSPS) is 17.5. The number of ether oxygens (including phenoxy) is 1. The fourth-order valence-electron chi connectivity index (χ4n) is 3.15. The Morgan fingerprint density at radius 3 is 2.52 bits per heavy atom. The van der Waals surface area contributed by atoms with Crippen molar-refractivity contribution in [3.8, 4) is 0 Å². The first-order valence-electron chi connectivity index (χ1n) is 7.66. The zero-order valence-electron chi connectivity index (χ0n) is 14.0. The van der Waals surface area contributed by atoms with Gasteiger partial charge in [0.2, 0.25) is 0 Å². The van der Waals surface area contributed by atoms with E-state index in [1.807, 2.05) is 24.8 Å². The van der Waals surface area contributed by atoms with E-state index in [9.17, 15) is 18.3 Å². The van der Waals surface area contributed by atoms with Crippen molar-refractivity contribution in [1.29, 1.82) is 0 Å². The summed E-state index contributed by atoms with van der Waals surface area (Å²) < 4.78 is 43.2. The minimum atomic E-state index is -4.42. The molecule has 2 aromatic heterocycles. The highest BCUT2D eigenvalue weighted by Gasteiger charge is 2.41. The first-order chi connectivity index (χ1) is 11.7. The van der Waals surface area contributed by atoms with Crippen molar-refractivity contribution in [3.05, 3.63) is 53.0 Å². The van der Waals surface area contributed by atoms with Gasteiger partial charge in [-0.1, -0.05) is 0 Å². The quantitative estimate of drug-likeness (QED) is 0.857. The van der Waals surface area contributed by atoms with Gasteiger partial charge in [0, 0.05) is 31.6 Å². The number of nitrogens with zero attached hydrogens (tertiary/aromatic N) is 3. The lowest BCUT2D eigenvalue weighted by Crippen LogP contribution is -2.35. The second-order valence-corrected chi connectivity index (χ2v) is 6.36. The molecule has 2 aromatic rings. The number of rotatable bonds is 3. The lowest BCUT2D eigenvalue weighted by molar-refractivity contribution is -0.137. The number of hydrogen-bond acceptors (Lipinski definition) is 5. The summed E-state index contributed by atoms with van der Waals surface area (Å²) in [6.45, 7) is 4.26. The third-order valence-electron chi connectivity index (χ3n) is 4.55. The molecule has 0 fully saturated rings. The minimum absolute atomic E-state index is 0.365. The summed E-state index contributed by atoms with van der Waals surface area (Å²) in [4.78, 5) is 10.1. The number of pyridine rings is 2. The summed E-state index contributed by atoms with van der Waals surface area (Å²) in [5.41, 5.74) is 0.817. The number of halogens is 3. The molecule has 0 aliphatic carbocycles. The Balaban J connectivity index is 2.00. The van der Waals surface area contributed by atoms with Gasteiger partial charge in [0.1, 0.15) is 11.5 Å². The number of aromatic nitrogens is 2. The van der Waals surface area contributed by atoms with Gasteiger partial charge in [-0.25, -0.2) is 4.98 Å². The molecule has 25 heavy (non-hydrogen) atoms. The van der Waals surface area contributed by atoms with E-state index < -0.39 is 23.6 Å². The van der Waals surface area contributed by atoms with Crippen molar-refractivity contribution < 1.29 is 23.0 Å². The lowest BCUT2D eigenvalue weighted by atomic mass is 9.93.